The van der Waals surface area contributed by atoms with Gasteiger partial charge in [-0.15, -0.1) is 16.4 Å². The monoisotopic (exact) mass is 1180 g/mol. The van der Waals surface area contributed by atoms with Crippen LogP contribution in [0.15, 0.2) is 91.3 Å². The van der Waals surface area contributed by atoms with Crippen LogP contribution in [0.5, 0.6) is 11.8 Å². The molecule has 4 fully saturated rings. The Labute approximate surface area is 491 Å². The van der Waals surface area contributed by atoms with E-state index in [0.29, 0.717) is 73.9 Å². The first-order chi connectivity index (χ1) is 40.5. The zero-order chi connectivity index (χ0) is 59.0. The first kappa shape index (κ1) is 57.8. The molecule has 2 bridgehead atoms. The van der Waals surface area contributed by atoms with Gasteiger partial charge < -0.3 is 40.4 Å². The second-order valence-electron chi connectivity index (χ2n) is 21.9. The first-order valence-corrected chi connectivity index (χ1v) is 29.1. The lowest BCUT2D eigenvalue weighted by Crippen LogP contribution is -2.44. The number of piperazine rings is 1. The summed E-state index contributed by atoms with van der Waals surface area (Å²) in [7, 11) is 0. The van der Waals surface area contributed by atoms with Crippen LogP contribution in [0, 0.1) is 23.1 Å². The van der Waals surface area contributed by atoms with Gasteiger partial charge in [0.05, 0.1) is 52.0 Å². The van der Waals surface area contributed by atoms with E-state index in [9.17, 15) is 14.9 Å². The van der Waals surface area contributed by atoms with Crippen LogP contribution in [0.2, 0.25) is 5.02 Å². The van der Waals surface area contributed by atoms with Crippen LogP contribution in [0.4, 0.5) is 28.4 Å². The third kappa shape index (κ3) is 11.7. The largest absolute Gasteiger partial charge is 0.486 e. The molecule has 0 radical (unpaired) electrons. The fourth-order valence-corrected chi connectivity index (χ4v) is 12.9. The number of amides is 2. The summed E-state index contributed by atoms with van der Waals surface area (Å²) in [5.74, 6) is -0.719. The van der Waals surface area contributed by atoms with E-state index in [2.05, 4.69) is 32.9 Å². The van der Waals surface area contributed by atoms with Gasteiger partial charge in [0.2, 0.25) is 12.3 Å². The van der Waals surface area contributed by atoms with Crippen LogP contribution in [0.3, 0.4) is 0 Å². The van der Waals surface area contributed by atoms with Gasteiger partial charge in [-0.2, -0.15) is 28.4 Å². The lowest BCUT2D eigenvalue weighted by molar-refractivity contribution is -0.137. The van der Waals surface area contributed by atoms with Crippen molar-refractivity contribution < 1.29 is 41.4 Å². The normalized spacial score (nSPS) is 18.7. The Kier molecular flexibility index (Phi) is 16.7. The number of carbonyl (C=O) groups is 2. The van der Waals surface area contributed by atoms with Gasteiger partial charge in [-0.25, -0.2) is 9.07 Å². The maximum Gasteiger partial charge on any atom is 0.417 e. The number of likely N-dealkylation sites (tertiary alicyclic amines) is 1. The standard InChI is InChI=1S/C47H48F4N10O4S.C14H13ClN2O/c1-24(2)40(45(62)59-14-4-5-25(59)3)61-22-36(57-58-61)27-8-6-26(7-9-27)23-64-41-38(31-10-11-35(48)42-37(31)33(19-52)43(53)66-42)34(47(49,50)51)18-32-39(41)55-46(65-30-12-15-63-16-13-30)56-44(32)60-21-28-17-29(60)20-54-28;1-10(17-9-18)11-4-6-12(7-5-11)14-13(15)3-2-8-16-14/h6-11,18,22,24-25,28-30,40,54H,4-5,12-17,20-21,23,53H2,1-3H3;2-10H,1H3,(H,17,18). The highest BCUT2D eigenvalue weighted by Crippen LogP contribution is 2.52. The minimum Gasteiger partial charge on any atom is -0.486 e. The van der Waals surface area contributed by atoms with E-state index in [4.69, 9.17) is 41.5 Å². The Morgan fingerprint density at radius 1 is 1.05 bits per heavy atom. The van der Waals surface area contributed by atoms with E-state index in [1.807, 2.05) is 67.0 Å². The van der Waals surface area contributed by atoms with Gasteiger partial charge in [0.15, 0.2) is 5.75 Å². The van der Waals surface area contributed by atoms with Gasteiger partial charge in [0.25, 0.3) is 0 Å². The van der Waals surface area contributed by atoms with Crippen molar-refractivity contribution in [3.63, 3.8) is 0 Å². The first-order valence-electron chi connectivity index (χ1n) is 28.0. The zero-order valence-electron chi connectivity index (χ0n) is 46.5. The number of nitrogens with two attached hydrogens (primary N) is 1. The second kappa shape index (κ2) is 24.3. The Morgan fingerprint density at radius 3 is 2.46 bits per heavy atom. The molecule has 17 nitrogen and oxygen atoms in total. The number of pyridine rings is 1. The van der Waals surface area contributed by atoms with Crippen molar-refractivity contribution in [2.24, 2.45) is 5.92 Å². The lowest BCUT2D eigenvalue weighted by atomic mass is 9.92. The van der Waals surface area contributed by atoms with Gasteiger partial charge >= 0.3 is 12.2 Å². The molecule has 0 saturated carbocycles. The predicted molar refractivity (Wildman–Crippen MR) is 313 cm³/mol. The summed E-state index contributed by atoms with van der Waals surface area (Å²) in [6.45, 7) is 10.5. The molecular formula is C61H61ClF4N12O5S. The number of rotatable bonds is 15. The highest BCUT2D eigenvalue weighted by molar-refractivity contribution is 7.23. The third-order valence-electron chi connectivity index (χ3n) is 16.1. The molecule has 12 rings (SSSR count). The van der Waals surface area contributed by atoms with Crippen molar-refractivity contribution in [3.05, 3.63) is 124 Å². The molecule has 436 valence electrons. The highest BCUT2D eigenvalue weighted by atomic mass is 35.5. The van der Waals surface area contributed by atoms with Gasteiger partial charge in [-0.05, 0) is 80.0 Å². The number of nitrogen functional groups attached to an aromatic ring is 1. The summed E-state index contributed by atoms with van der Waals surface area (Å²) >= 11 is 6.88. The summed E-state index contributed by atoms with van der Waals surface area (Å²) in [5, 5.41) is 25.8. The molecule has 0 aliphatic carbocycles. The molecule has 4 aromatic carbocycles. The van der Waals surface area contributed by atoms with Crippen molar-refractivity contribution in [1.82, 2.24) is 45.5 Å². The number of benzene rings is 4. The predicted octanol–water partition coefficient (Wildman–Crippen LogP) is 11.5. The summed E-state index contributed by atoms with van der Waals surface area (Å²) < 4.78 is 83.1. The molecule has 4 N–H and O–H groups in total. The lowest BCUT2D eigenvalue weighted by Gasteiger charge is -2.31. The summed E-state index contributed by atoms with van der Waals surface area (Å²) in [4.78, 5) is 41.9. The fourth-order valence-electron chi connectivity index (χ4n) is 11.7. The van der Waals surface area contributed by atoms with Crippen molar-refractivity contribution in [3.8, 4) is 51.5 Å². The molecule has 4 aliphatic rings. The number of alkyl halides is 3. The number of nitrogens with one attached hydrogen (secondary N) is 2. The van der Waals surface area contributed by atoms with E-state index < -0.39 is 29.2 Å². The number of fused-ring (bicyclic) bond motifs is 4. The summed E-state index contributed by atoms with van der Waals surface area (Å²) in [6, 6.07) is 23.6. The van der Waals surface area contributed by atoms with Crippen LogP contribution in [-0.2, 0) is 27.1 Å². The molecule has 5 unspecified atom stereocenters. The van der Waals surface area contributed by atoms with E-state index in [0.717, 1.165) is 59.6 Å². The molecule has 2 amide bonds. The molecule has 4 aliphatic heterocycles. The van der Waals surface area contributed by atoms with Gasteiger partial charge in [-0.3, -0.25) is 14.6 Å². The average Bonchev–Trinajstić information content (AvgIpc) is 2.89. The van der Waals surface area contributed by atoms with Crippen molar-refractivity contribution in [2.45, 2.75) is 109 Å². The minimum atomic E-state index is -4.97. The van der Waals surface area contributed by atoms with E-state index in [1.165, 1.54) is 6.07 Å². The van der Waals surface area contributed by atoms with Crippen LogP contribution >= 0.6 is 22.9 Å². The number of nitriles is 1. The Bertz CT molecular complexity index is 3780. The third-order valence-corrected chi connectivity index (χ3v) is 17.4. The number of carbonyl (C=O) groups excluding carboxylic acids is 2. The average molecular weight is 1190 g/mol. The fraction of sp³-hybridized carbons (Fsp3) is 0.377. The van der Waals surface area contributed by atoms with Crippen LogP contribution < -0.4 is 30.7 Å². The topological polar surface area (TPSA) is 212 Å². The molecule has 4 aromatic heterocycles. The molecule has 84 heavy (non-hydrogen) atoms. The van der Waals surface area contributed by atoms with Gasteiger partial charge in [0.1, 0.15) is 52.7 Å². The summed E-state index contributed by atoms with van der Waals surface area (Å²) in [5.41, 5.74) is 9.15. The van der Waals surface area contributed by atoms with E-state index in [-0.39, 0.29) is 103 Å². The molecule has 8 aromatic rings. The zero-order valence-corrected chi connectivity index (χ0v) is 48.1. The second-order valence-corrected chi connectivity index (χ2v) is 23.4. The number of thiophene rings is 1. The van der Waals surface area contributed by atoms with Crippen LogP contribution in [0.1, 0.15) is 94.1 Å². The van der Waals surface area contributed by atoms with Crippen molar-refractivity contribution >= 4 is 67.1 Å². The Hall–Kier alpha value is -7.97. The number of aromatic nitrogens is 6. The Balaban J connectivity index is 0.000000349. The number of anilines is 2. The molecule has 0 spiro atoms. The van der Waals surface area contributed by atoms with Gasteiger partial charge in [0, 0.05) is 84.3 Å². The smallest absolute Gasteiger partial charge is 0.417 e. The van der Waals surface area contributed by atoms with E-state index in [1.54, 1.807) is 47.4 Å². The molecule has 23 heteroatoms. The number of hydrogen-bond donors (Lipinski definition) is 3. The molecule has 8 heterocycles. The maximum absolute atomic E-state index is 15.8. The molecule has 5 atom stereocenters. The van der Waals surface area contributed by atoms with Crippen LogP contribution in [0.25, 0.3) is 54.6 Å². The number of halogens is 5. The quantitative estimate of drug-likeness (QED) is 0.0644. The number of hydrogen-bond acceptors (Lipinski definition) is 15. The number of ether oxygens (including phenoxy) is 3. The van der Waals surface area contributed by atoms with Crippen molar-refractivity contribution in [1.29, 1.82) is 5.26 Å². The summed E-state index contributed by atoms with van der Waals surface area (Å²) in [6.07, 6.45) is 2.76. The molecular weight excluding hydrogens is 1120 g/mol. The van der Waals surface area contributed by atoms with E-state index >= 15 is 17.6 Å². The SMILES string of the molecule is CC(C)C(C(=O)N1CCCC1C)n1cc(-c2ccc(COc3c(-c4ccc(F)c5sc(N)c(C#N)c45)c(C(F)(F)F)cc4c(N5CC6CC5CN6)nc(OC5CCOCC5)nc34)cc2)nn1.CC(NC=O)c1ccc(-c2ncccc2Cl)cc1. The minimum absolute atomic E-state index is 0.00393. The van der Waals surface area contributed by atoms with Gasteiger partial charge in [-0.1, -0.05) is 85.3 Å². The number of nitrogens with zero attached hydrogens (tertiary/aromatic N) is 9. The van der Waals surface area contributed by atoms with Crippen LogP contribution in [-0.4, -0.2) is 104 Å². The molecule has 4 saturated heterocycles. The maximum atomic E-state index is 15.8. The Morgan fingerprint density at radius 2 is 1.81 bits per heavy atom. The highest BCUT2D eigenvalue weighted by Gasteiger charge is 2.43. The van der Waals surface area contributed by atoms with Crippen molar-refractivity contribution in [2.75, 3.05) is 43.5 Å².